The molecular formula is C18H20N4O4. The molecule has 1 fully saturated rings. The summed E-state index contributed by atoms with van der Waals surface area (Å²) in [6.07, 6.45) is 1.86. The molecule has 0 aliphatic carbocycles. The van der Waals surface area contributed by atoms with E-state index in [4.69, 9.17) is 4.74 Å². The number of carbonyl (C=O) groups is 1. The molecule has 1 aromatic carbocycles. The van der Waals surface area contributed by atoms with Gasteiger partial charge in [-0.05, 0) is 19.1 Å². The van der Waals surface area contributed by atoms with E-state index in [0.717, 1.165) is 0 Å². The number of aliphatic hydroxyl groups is 1. The van der Waals surface area contributed by atoms with Crippen molar-refractivity contribution in [2.45, 2.75) is 25.0 Å². The molecule has 1 amide bonds. The van der Waals surface area contributed by atoms with E-state index in [2.05, 4.69) is 10.1 Å². The van der Waals surface area contributed by atoms with Crippen molar-refractivity contribution in [1.29, 1.82) is 0 Å². The Morgan fingerprint density at radius 2 is 2.23 bits per heavy atom. The van der Waals surface area contributed by atoms with Gasteiger partial charge in [-0.15, -0.1) is 0 Å². The van der Waals surface area contributed by atoms with Gasteiger partial charge in [-0.25, -0.2) is 4.52 Å². The Morgan fingerprint density at radius 3 is 2.96 bits per heavy atom. The maximum atomic E-state index is 13.2. The fourth-order valence-electron chi connectivity index (χ4n) is 3.70. The van der Waals surface area contributed by atoms with Crippen LogP contribution in [0.25, 0.3) is 16.6 Å². The van der Waals surface area contributed by atoms with Crippen LogP contribution in [-0.2, 0) is 4.74 Å². The minimum absolute atomic E-state index is 0.141. The van der Waals surface area contributed by atoms with Gasteiger partial charge in [0, 0.05) is 20.1 Å². The van der Waals surface area contributed by atoms with Crippen LogP contribution in [0.2, 0.25) is 0 Å². The molecule has 136 valence electrons. The lowest BCUT2D eigenvalue weighted by Gasteiger charge is -2.32. The largest absolute Gasteiger partial charge is 0.394 e. The smallest absolute Gasteiger partial charge is 0.259 e. The quantitative estimate of drug-likeness (QED) is 0.723. The Morgan fingerprint density at radius 1 is 1.46 bits per heavy atom. The van der Waals surface area contributed by atoms with Crippen molar-refractivity contribution in [2.24, 2.45) is 0 Å². The molecule has 26 heavy (non-hydrogen) atoms. The van der Waals surface area contributed by atoms with Gasteiger partial charge in [-0.2, -0.15) is 5.10 Å². The minimum atomic E-state index is -0.719. The number of benzene rings is 1. The highest BCUT2D eigenvalue weighted by molar-refractivity contribution is 6.01. The van der Waals surface area contributed by atoms with Crippen molar-refractivity contribution in [3.8, 4) is 0 Å². The predicted molar refractivity (Wildman–Crippen MR) is 95.3 cm³/mol. The first-order valence-electron chi connectivity index (χ1n) is 8.43. The number of aromatic amines is 1. The summed E-state index contributed by atoms with van der Waals surface area (Å²) in [5.74, 6) is -0.290. The molecule has 0 radical (unpaired) electrons. The molecule has 1 saturated heterocycles. The highest BCUT2D eigenvalue weighted by Gasteiger charge is 2.45. The summed E-state index contributed by atoms with van der Waals surface area (Å²) in [7, 11) is 1.59. The zero-order valence-electron chi connectivity index (χ0n) is 14.6. The van der Waals surface area contributed by atoms with Gasteiger partial charge in [0.05, 0.1) is 35.3 Å². The van der Waals surface area contributed by atoms with E-state index in [1.807, 2.05) is 13.0 Å². The number of H-pyrrole nitrogens is 1. The van der Waals surface area contributed by atoms with Gasteiger partial charge >= 0.3 is 0 Å². The summed E-state index contributed by atoms with van der Waals surface area (Å²) in [4.78, 5) is 29.9. The number of nitrogens with one attached hydrogen (secondary N) is 1. The third kappa shape index (κ3) is 2.33. The normalized spacial score (nSPS) is 23.2. The maximum Gasteiger partial charge on any atom is 0.259 e. The molecular weight excluding hydrogens is 336 g/mol. The Hall–Kier alpha value is -2.71. The first-order valence-corrected chi connectivity index (χ1v) is 8.43. The third-order valence-corrected chi connectivity index (χ3v) is 5.23. The number of carbonyl (C=O) groups excluding carboxylic acids is 1. The van der Waals surface area contributed by atoms with Gasteiger partial charge in [0.25, 0.3) is 11.5 Å². The van der Waals surface area contributed by atoms with Crippen LogP contribution in [0.5, 0.6) is 0 Å². The highest BCUT2D eigenvalue weighted by atomic mass is 16.5. The topological polar surface area (TPSA) is 99.9 Å². The summed E-state index contributed by atoms with van der Waals surface area (Å²) >= 11 is 0. The average Bonchev–Trinajstić information content (AvgIpc) is 3.23. The standard InChI is InChI=1S/C18H20N4O4/c1-18(10-23)7-11(26-2)9-21(18)17(25)13-8-19-22-14-6-4-3-5-12(14)16(24)20-15(13)22/h3-6,8,11,23H,7,9-10H2,1-2H3,(H,20,24). The van der Waals surface area contributed by atoms with E-state index in [-0.39, 0.29) is 24.2 Å². The number of fused-ring (bicyclic) bond motifs is 3. The molecule has 4 rings (SSSR count). The third-order valence-electron chi connectivity index (χ3n) is 5.23. The summed E-state index contributed by atoms with van der Waals surface area (Å²) in [5, 5.41) is 14.6. The van der Waals surface area contributed by atoms with Crippen molar-refractivity contribution in [3.63, 3.8) is 0 Å². The van der Waals surface area contributed by atoms with Crippen molar-refractivity contribution in [1.82, 2.24) is 19.5 Å². The lowest BCUT2D eigenvalue weighted by atomic mass is 9.99. The molecule has 8 nitrogen and oxygen atoms in total. The number of amides is 1. The predicted octanol–water partition coefficient (Wildman–Crippen LogP) is 0.788. The van der Waals surface area contributed by atoms with Crippen LogP contribution in [0.1, 0.15) is 23.7 Å². The molecule has 0 saturated carbocycles. The molecule has 1 aliphatic heterocycles. The maximum absolute atomic E-state index is 13.2. The van der Waals surface area contributed by atoms with E-state index in [1.165, 1.54) is 6.20 Å². The summed E-state index contributed by atoms with van der Waals surface area (Å²) < 4.78 is 6.95. The lowest BCUT2D eigenvalue weighted by molar-refractivity contribution is 0.0473. The molecule has 2 N–H and O–H groups in total. The van der Waals surface area contributed by atoms with Gasteiger partial charge < -0.3 is 19.7 Å². The van der Waals surface area contributed by atoms with E-state index in [9.17, 15) is 14.7 Å². The van der Waals surface area contributed by atoms with E-state index < -0.39 is 5.54 Å². The van der Waals surface area contributed by atoms with Crippen LogP contribution in [0, 0.1) is 0 Å². The van der Waals surface area contributed by atoms with Crippen LogP contribution in [0.3, 0.4) is 0 Å². The summed E-state index contributed by atoms with van der Waals surface area (Å²) in [6.45, 7) is 2.03. The number of methoxy groups -OCH3 is 1. The molecule has 3 heterocycles. The number of aliphatic hydroxyl groups excluding tert-OH is 1. The van der Waals surface area contributed by atoms with Crippen LogP contribution in [0.15, 0.2) is 35.3 Å². The second-order valence-electron chi connectivity index (χ2n) is 6.92. The van der Waals surface area contributed by atoms with Crippen molar-refractivity contribution >= 4 is 22.5 Å². The SMILES string of the molecule is COC1CN(C(=O)c2cnn3c2[nH]c(=O)c2ccccc23)C(C)(CO)C1. The van der Waals surface area contributed by atoms with Crippen molar-refractivity contribution < 1.29 is 14.6 Å². The Balaban J connectivity index is 1.84. The van der Waals surface area contributed by atoms with E-state index in [1.54, 1.807) is 34.7 Å². The lowest BCUT2D eigenvalue weighted by Crippen LogP contribution is -2.47. The molecule has 2 unspecified atom stereocenters. The number of para-hydroxylation sites is 1. The molecule has 1 aliphatic rings. The molecule has 3 aromatic rings. The minimum Gasteiger partial charge on any atom is -0.394 e. The second kappa shape index (κ2) is 5.93. The van der Waals surface area contributed by atoms with Crippen molar-refractivity contribution in [3.05, 3.63) is 46.4 Å². The fraction of sp³-hybridized carbons (Fsp3) is 0.389. The summed E-state index contributed by atoms with van der Waals surface area (Å²) in [5.41, 5.74) is 0.280. The summed E-state index contributed by atoms with van der Waals surface area (Å²) in [6, 6.07) is 7.09. The number of aromatic nitrogens is 3. The Kier molecular flexibility index (Phi) is 3.82. The number of nitrogens with zero attached hydrogens (tertiary/aromatic N) is 3. The molecule has 8 heteroatoms. The molecule has 2 aromatic heterocycles. The average molecular weight is 356 g/mol. The number of likely N-dealkylation sites (tertiary alicyclic amines) is 1. The van der Waals surface area contributed by atoms with E-state index >= 15 is 0 Å². The van der Waals surface area contributed by atoms with Crippen LogP contribution < -0.4 is 5.56 Å². The van der Waals surface area contributed by atoms with Gasteiger partial charge in [-0.3, -0.25) is 9.59 Å². The second-order valence-corrected chi connectivity index (χ2v) is 6.92. The Labute approximate surface area is 149 Å². The molecule has 0 bridgehead atoms. The van der Waals surface area contributed by atoms with Crippen molar-refractivity contribution in [2.75, 3.05) is 20.3 Å². The first kappa shape index (κ1) is 16.7. The van der Waals surface area contributed by atoms with Gasteiger partial charge in [0.2, 0.25) is 0 Å². The van der Waals surface area contributed by atoms with Gasteiger partial charge in [0.1, 0.15) is 11.2 Å². The Bertz CT molecular complexity index is 1060. The van der Waals surface area contributed by atoms with Gasteiger partial charge in [-0.1, -0.05) is 12.1 Å². The van der Waals surface area contributed by atoms with Gasteiger partial charge in [0.15, 0.2) is 0 Å². The zero-order valence-corrected chi connectivity index (χ0v) is 14.6. The van der Waals surface area contributed by atoms with Crippen LogP contribution in [-0.4, -0.2) is 62.4 Å². The van der Waals surface area contributed by atoms with E-state index in [0.29, 0.717) is 35.1 Å². The molecule has 2 atom stereocenters. The van der Waals surface area contributed by atoms with Crippen LogP contribution in [0.4, 0.5) is 0 Å². The number of ether oxygens (including phenoxy) is 1. The fourth-order valence-corrected chi connectivity index (χ4v) is 3.70. The number of hydrogen-bond donors (Lipinski definition) is 2. The monoisotopic (exact) mass is 356 g/mol. The van der Waals surface area contributed by atoms with Crippen LogP contribution >= 0.6 is 0 Å². The molecule has 0 spiro atoms. The highest BCUT2D eigenvalue weighted by Crippen LogP contribution is 2.32. The number of hydrogen-bond acceptors (Lipinski definition) is 5. The number of rotatable bonds is 3. The zero-order chi connectivity index (χ0) is 18.5. The first-order chi connectivity index (χ1) is 12.5.